The minimum atomic E-state index is -4.45. The lowest BCUT2D eigenvalue weighted by Gasteiger charge is -2.25. The van der Waals surface area contributed by atoms with Crippen LogP contribution >= 0.6 is 0 Å². The number of rotatable bonds is 3. The zero-order valence-corrected chi connectivity index (χ0v) is 28.6. The van der Waals surface area contributed by atoms with E-state index in [1.54, 1.807) is 0 Å². The topological polar surface area (TPSA) is 55.8 Å². The molecule has 0 atom stereocenters. The van der Waals surface area contributed by atoms with E-state index in [4.69, 9.17) is 17.7 Å². The Balaban J connectivity index is 1.04. The molecule has 4 heterocycles. The molecule has 0 aliphatic carbocycles. The smallest absolute Gasteiger partial charge is 0.416 e. The van der Waals surface area contributed by atoms with Crippen molar-refractivity contribution in [1.82, 2.24) is 0 Å². The number of anilines is 3. The van der Waals surface area contributed by atoms with E-state index in [-0.39, 0.29) is 5.58 Å². The Kier molecular flexibility index (Phi) is 5.89. The van der Waals surface area contributed by atoms with Gasteiger partial charge in [0.15, 0.2) is 0 Å². The number of furan rings is 4. The molecule has 12 rings (SSSR count). The van der Waals surface area contributed by atoms with Crippen molar-refractivity contribution in [3.8, 4) is 0 Å². The van der Waals surface area contributed by atoms with Crippen molar-refractivity contribution in [2.24, 2.45) is 0 Å². The van der Waals surface area contributed by atoms with Gasteiger partial charge in [0.25, 0.3) is 0 Å². The van der Waals surface area contributed by atoms with Gasteiger partial charge < -0.3 is 22.6 Å². The van der Waals surface area contributed by atoms with Crippen molar-refractivity contribution in [2.75, 3.05) is 4.90 Å². The van der Waals surface area contributed by atoms with Crippen molar-refractivity contribution in [3.63, 3.8) is 0 Å². The lowest BCUT2D eigenvalue weighted by Crippen LogP contribution is -2.09. The first-order valence-corrected chi connectivity index (χ1v) is 17.8. The predicted molar refractivity (Wildman–Crippen MR) is 213 cm³/mol. The second-order valence-electron chi connectivity index (χ2n) is 14.0. The van der Waals surface area contributed by atoms with E-state index < -0.39 is 11.7 Å². The molecule has 262 valence electrons. The molecule has 8 heteroatoms. The van der Waals surface area contributed by atoms with Crippen molar-refractivity contribution in [2.45, 2.75) is 6.18 Å². The molecule has 0 saturated carbocycles. The van der Waals surface area contributed by atoms with Gasteiger partial charge in [-0.25, -0.2) is 0 Å². The van der Waals surface area contributed by atoms with Crippen LogP contribution in [0.25, 0.3) is 98.5 Å². The van der Waals surface area contributed by atoms with Gasteiger partial charge in [-0.3, -0.25) is 0 Å². The molecule has 0 saturated heterocycles. The largest absolute Gasteiger partial charge is 0.456 e. The first-order chi connectivity index (χ1) is 26.8. The Morgan fingerprint density at radius 1 is 0.327 bits per heavy atom. The Morgan fingerprint density at radius 2 is 0.727 bits per heavy atom. The Labute approximate surface area is 307 Å². The highest BCUT2D eigenvalue weighted by Gasteiger charge is 2.31. The number of nitrogens with zero attached hydrogens (tertiary/aromatic N) is 1. The van der Waals surface area contributed by atoms with Crippen LogP contribution in [0.5, 0.6) is 0 Å². The minimum absolute atomic E-state index is 0.201. The van der Waals surface area contributed by atoms with Crippen LogP contribution in [0.2, 0.25) is 0 Å². The Bertz CT molecular complexity index is 3450. The molecular weight excluding hydrogens is 700 g/mol. The summed E-state index contributed by atoms with van der Waals surface area (Å²) < 4.78 is 65.1. The van der Waals surface area contributed by atoms with Gasteiger partial charge in [0.1, 0.15) is 44.7 Å². The second-order valence-corrected chi connectivity index (χ2v) is 14.0. The SMILES string of the molecule is FC(F)(F)c1ccc2c(c1)oc1cc3cc4oc5cc(N(c6ccc7oc8ccccc8c7c6)c6ccc7oc8ccccc8c7c6)ccc5c4cc3cc12. The summed E-state index contributed by atoms with van der Waals surface area (Å²) in [6, 6.07) is 46.4. The Hall–Kier alpha value is -7.19. The van der Waals surface area contributed by atoms with Crippen LogP contribution in [0.4, 0.5) is 30.2 Å². The van der Waals surface area contributed by atoms with Gasteiger partial charge >= 0.3 is 6.18 Å². The number of hydrogen-bond donors (Lipinski definition) is 0. The number of hydrogen-bond acceptors (Lipinski definition) is 5. The molecule has 0 unspecified atom stereocenters. The predicted octanol–water partition coefficient (Wildman–Crippen LogP) is 14.9. The molecule has 55 heavy (non-hydrogen) atoms. The standard InChI is InChI=1S/C47H24F3NO4/c48-47(49,50)27-9-13-33-35-17-25-18-36-34-14-10-30(24-46(34)55-44(36)20-26(25)19-43(35)54-45(33)21-27)51(28-11-15-41-37(22-28)31-5-1-3-7-39(31)52-41)29-12-16-42-38(23-29)32-6-2-4-8-40(32)53-42/h1-24H. The van der Waals surface area contributed by atoms with Crippen LogP contribution < -0.4 is 4.90 Å². The molecular formula is C47H24F3NO4. The summed E-state index contributed by atoms with van der Waals surface area (Å²) in [7, 11) is 0. The summed E-state index contributed by atoms with van der Waals surface area (Å²) in [6.07, 6.45) is -4.45. The number of fused-ring (bicyclic) bond motifs is 13. The fraction of sp³-hybridized carbons (Fsp3) is 0.0213. The maximum Gasteiger partial charge on any atom is 0.416 e. The number of benzene rings is 8. The lowest BCUT2D eigenvalue weighted by atomic mass is 10.0. The molecule has 0 aliphatic heterocycles. The molecule has 8 aromatic carbocycles. The van der Waals surface area contributed by atoms with E-state index >= 15 is 0 Å². The summed E-state index contributed by atoms with van der Waals surface area (Å²) in [5, 5.41) is 9.18. The monoisotopic (exact) mass is 723 g/mol. The number of alkyl halides is 3. The zero-order valence-electron chi connectivity index (χ0n) is 28.6. The van der Waals surface area contributed by atoms with Crippen LogP contribution in [0.15, 0.2) is 163 Å². The maximum absolute atomic E-state index is 13.4. The van der Waals surface area contributed by atoms with Crippen LogP contribution in [-0.2, 0) is 6.18 Å². The van der Waals surface area contributed by atoms with Crippen LogP contribution in [-0.4, -0.2) is 0 Å². The molecule has 0 radical (unpaired) electrons. The third-order valence-electron chi connectivity index (χ3n) is 10.8. The molecule has 0 fully saturated rings. The summed E-state index contributed by atoms with van der Waals surface area (Å²) >= 11 is 0. The van der Waals surface area contributed by atoms with E-state index in [0.717, 1.165) is 100 Å². The van der Waals surface area contributed by atoms with Gasteiger partial charge in [0.2, 0.25) is 0 Å². The van der Waals surface area contributed by atoms with Crippen molar-refractivity contribution in [1.29, 1.82) is 0 Å². The van der Waals surface area contributed by atoms with Gasteiger partial charge in [-0.1, -0.05) is 36.4 Å². The maximum atomic E-state index is 13.4. The molecule has 5 nitrogen and oxygen atoms in total. The fourth-order valence-electron chi connectivity index (χ4n) is 8.25. The van der Waals surface area contributed by atoms with Crippen molar-refractivity contribution in [3.05, 3.63) is 151 Å². The fourth-order valence-corrected chi connectivity index (χ4v) is 8.25. The highest BCUT2D eigenvalue weighted by Crippen LogP contribution is 2.44. The van der Waals surface area contributed by atoms with Gasteiger partial charge in [0.05, 0.1) is 5.56 Å². The average molecular weight is 724 g/mol. The third-order valence-corrected chi connectivity index (χ3v) is 10.8. The Morgan fingerprint density at radius 3 is 1.31 bits per heavy atom. The summed E-state index contributed by atoms with van der Waals surface area (Å²) in [4.78, 5) is 2.22. The zero-order chi connectivity index (χ0) is 36.6. The molecule has 0 N–H and O–H groups in total. The van der Waals surface area contributed by atoms with Crippen LogP contribution in [0.1, 0.15) is 5.56 Å². The van der Waals surface area contributed by atoms with Gasteiger partial charge in [-0.05, 0) is 114 Å². The van der Waals surface area contributed by atoms with Crippen LogP contribution in [0, 0.1) is 0 Å². The molecule has 0 aliphatic rings. The van der Waals surface area contributed by atoms with E-state index in [1.807, 2.05) is 66.7 Å². The number of halogens is 3. The van der Waals surface area contributed by atoms with Gasteiger partial charge in [-0.15, -0.1) is 0 Å². The van der Waals surface area contributed by atoms with Gasteiger partial charge in [0, 0.05) is 66.2 Å². The quantitative estimate of drug-likeness (QED) is 0.182. The third kappa shape index (κ3) is 4.48. The normalized spacial score (nSPS) is 12.6. The van der Waals surface area contributed by atoms with E-state index in [1.165, 1.54) is 6.07 Å². The lowest BCUT2D eigenvalue weighted by molar-refractivity contribution is -0.137. The van der Waals surface area contributed by atoms with Gasteiger partial charge in [-0.2, -0.15) is 13.2 Å². The molecule has 0 amide bonds. The van der Waals surface area contributed by atoms with E-state index in [0.29, 0.717) is 22.1 Å². The average Bonchev–Trinajstić information content (AvgIpc) is 3.95. The first kappa shape index (κ1) is 30.3. The minimum Gasteiger partial charge on any atom is -0.456 e. The van der Waals surface area contributed by atoms with E-state index in [9.17, 15) is 13.2 Å². The molecule has 12 aromatic rings. The summed E-state index contributed by atoms with van der Waals surface area (Å²) in [5.74, 6) is 0. The first-order valence-electron chi connectivity index (χ1n) is 17.8. The van der Waals surface area contributed by atoms with Crippen molar-refractivity contribution >= 4 is 116 Å². The molecule has 0 bridgehead atoms. The van der Waals surface area contributed by atoms with Crippen LogP contribution in [0.3, 0.4) is 0 Å². The van der Waals surface area contributed by atoms with E-state index in [2.05, 4.69) is 65.6 Å². The second kappa shape index (κ2) is 10.7. The number of para-hydroxylation sites is 2. The highest BCUT2D eigenvalue weighted by molar-refractivity contribution is 6.16. The summed E-state index contributed by atoms with van der Waals surface area (Å²) in [5.41, 5.74) is 7.47. The van der Waals surface area contributed by atoms with Crippen molar-refractivity contribution < 1.29 is 30.8 Å². The highest BCUT2D eigenvalue weighted by atomic mass is 19.4. The molecule has 0 spiro atoms. The summed E-state index contributed by atoms with van der Waals surface area (Å²) in [6.45, 7) is 0. The molecule has 4 aromatic heterocycles.